The number of nitrogens with one attached hydrogen (secondary N) is 1. The Morgan fingerprint density at radius 2 is 2.19 bits per heavy atom. The molecule has 0 spiro atoms. The van der Waals surface area contributed by atoms with Crippen LogP contribution < -0.4 is 11.1 Å². The molecular formula is C12H26N2O2. The van der Waals surface area contributed by atoms with Gasteiger partial charge in [-0.15, -0.1) is 0 Å². The first kappa shape index (κ1) is 15.4. The number of carbonyl (C=O) groups is 1. The van der Waals surface area contributed by atoms with E-state index in [2.05, 4.69) is 5.32 Å². The minimum absolute atomic E-state index is 0.0538. The molecule has 0 aliphatic heterocycles. The summed E-state index contributed by atoms with van der Waals surface area (Å²) in [7, 11) is 0. The van der Waals surface area contributed by atoms with Gasteiger partial charge in [0.1, 0.15) is 0 Å². The van der Waals surface area contributed by atoms with Crippen LogP contribution in [0, 0.1) is 5.92 Å². The highest BCUT2D eigenvalue weighted by Crippen LogP contribution is 2.14. The van der Waals surface area contributed by atoms with Crippen molar-refractivity contribution >= 4 is 5.91 Å². The summed E-state index contributed by atoms with van der Waals surface area (Å²) in [5, 5.41) is 11.9. The molecule has 4 N–H and O–H groups in total. The van der Waals surface area contributed by atoms with E-state index in [1.807, 2.05) is 20.8 Å². The molecule has 0 saturated heterocycles. The van der Waals surface area contributed by atoms with Crippen molar-refractivity contribution in [2.45, 2.75) is 52.0 Å². The lowest BCUT2D eigenvalue weighted by Gasteiger charge is -2.29. The predicted molar refractivity (Wildman–Crippen MR) is 66.0 cm³/mol. The molecule has 2 unspecified atom stereocenters. The highest BCUT2D eigenvalue weighted by atomic mass is 16.3. The lowest BCUT2D eigenvalue weighted by atomic mass is 9.94. The van der Waals surface area contributed by atoms with Crippen LogP contribution in [0.5, 0.6) is 0 Å². The lowest BCUT2D eigenvalue weighted by Crippen LogP contribution is -2.46. The molecule has 0 aliphatic rings. The Hall–Kier alpha value is -0.610. The summed E-state index contributed by atoms with van der Waals surface area (Å²) in [6, 6.07) is 0. The van der Waals surface area contributed by atoms with Crippen molar-refractivity contribution in [3.8, 4) is 0 Å². The molecule has 0 saturated carbocycles. The van der Waals surface area contributed by atoms with Crippen LogP contribution in [0.2, 0.25) is 0 Å². The number of aliphatic hydroxyl groups excluding tert-OH is 1. The number of amides is 1. The van der Waals surface area contributed by atoms with Gasteiger partial charge in [0.15, 0.2) is 0 Å². The van der Waals surface area contributed by atoms with Gasteiger partial charge in [0.25, 0.3) is 0 Å². The van der Waals surface area contributed by atoms with Crippen LogP contribution in [0.25, 0.3) is 0 Å². The first-order valence-electron chi connectivity index (χ1n) is 6.09. The Balaban J connectivity index is 4.01. The molecule has 0 aromatic rings. The highest BCUT2D eigenvalue weighted by molar-refractivity contribution is 5.76. The Morgan fingerprint density at radius 1 is 1.56 bits per heavy atom. The molecule has 0 aromatic carbocycles. The van der Waals surface area contributed by atoms with Gasteiger partial charge in [-0.3, -0.25) is 4.79 Å². The number of hydrogen-bond acceptors (Lipinski definition) is 3. The molecule has 0 fully saturated rings. The number of carbonyl (C=O) groups excluding carboxylic acids is 1. The molecular weight excluding hydrogens is 204 g/mol. The average Bonchev–Trinajstić information content (AvgIpc) is 2.26. The maximum atomic E-state index is 11.7. The van der Waals surface area contributed by atoms with Crippen LogP contribution >= 0.6 is 0 Å². The molecule has 0 aromatic heterocycles. The van der Waals surface area contributed by atoms with Crippen LogP contribution in [0.15, 0.2) is 0 Å². The van der Waals surface area contributed by atoms with E-state index in [0.717, 1.165) is 12.8 Å². The SMILES string of the molecule is CCC(C)(CCO)NC(=O)CCC(C)CN. The van der Waals surface area contributed by atoms with Crippen molar-refractivity contribution in [3.63, 3.8) is 0 Å². The van der Waals surface area contributed by atoms with Gasteiger partial charge in [0.2, 0.25) is 5.91 Å². The largest absolute Gasteiger partial charge is 0.396 e. The fraction of sp³-hybridized carbons (Fsp3) is 0.917. The molecule has 4 heteroatoms. The minimum Gasteiger partial charge on any atom is -0.396 e. The van der Waals surface area contributed by atoms with E-state index in [0.29, 0.717) is 25.3 Å². The van der Waals surface area contributed by atoms with E-state index in [-0.39, 0.29) is 18.1 Å². The van der Waals surface area contributed by atoms with Gasteiger partial charge in [-0.05, 0) is 38.6 Å². The maximum Gasteiger partial charge on any atom is 0.220 e. The molecule has 0 bridgehead atoms. The second-order valence-electron chi connectivity index (χ2n) is 4.82. The van der Waals surface area contributed by atoms with E-state index in [4.69, 9.17) is 10.8 Å². The summed E-state index contributed by atoms with van der Waals surface area (Å²) in [6.45, 7) is 6.74. The molecule has 4 nitrogen and oxygen atoms in total. The van der Waals surface area contributed by atoms with Gasteiger partial charge >= 0.3 is 0 Å². The van der Waals surface area contributed by atoms with E-state index in [1.165, 1.54) is 0 Å². The van der Waals surface area contributed by atoms with Crippen LogP contribution in [-0.2, 0) is 4.79 Å². The Kier molecular flexibility index (Phi) is 7.34. The van der Waals surface area contributed by atoms with Gasteiger partial charge in [0.05, 0.1) is 0 Å². The predicted octanol–water partition coefficient (Wildman–Crippen LogP) is 1.03. The van der Waals surface area contributed by atoms with Crippen LogP contribution in [0.1, 0.15) is 46.5 Å². The average molecular weight is 230 g/mol. The van der Waals surface area contributed by atoms with Crippen LogP contribution in [0.4, 0.5) is 0 Å². The van der Waals surface area contributed by atoms with Crippen molar-refractivity contribution in [1.29, 1.82) is 0 Å². The van der Waals surface area contributed by atoms with Crippen molar-refractivity contribution in [2.75, 3.05) is 13.2 Å². The summed E-state index contributed by atoms with van der Waals surface area (Å²) < 4.78 is 0. The van der Waals surface area contributed by atoms with Gasteiger partial charge in [-0.2, -0.15) is 0 Å². The first-order chi connectivity index (χ1) is 7.47. The second-order valence-corrected chi connectivity index (χ2v) is 4.82. The number of nitrogens with two attached hydrogens (primary N) is 1. The number of hydrogen-bond donors (Lipinski definition) is 3. The Labute approximate surface area is 98.6 Å². The molecule has 0 rings (SSSR count). The third-order valence-electron chi connectivity index (χ3n) is 3.15. The number of rotatable bonds is 8. The zero-order chi connectivity index (χ0) is 12.6. The smallest absolute Gasteiger partial charge is 0.220 e. The van der Waals surface area contributed by atoms with Crippen LogP contribution in [0.3, 0.4) is 0 Å². The first-order valence-corrected chi connectivity index (χ1v) is 6.09. The van der Waals surface area contributed by atoms with Crippen molar-refractivity contribution < 1.29 is 9.90 Å². The topological polar surface area (TPSA) is 75.3 Å². The van der Waals surface area contributed by atoms with Gasteiger partial charge in [0, 0.05) is 18.6 Å². The molecule has 96 valence electrons. The summed E-state index contributed by atoms with van der Waals surface area (Å²) in [5.74, 6) is 0.439. The summed E-state index contributed by atoms with van der Waals surface area (Å²) >= 11 is 0. The van der Waals surface area contributed by atoms with E-state index in [1.54, 1.807) is 0 Å². The second kappa shape index (κ2) is 7.63. The standard InChI is InChI=1S/C12H26N2O2/c1-4-12(3,7-8-15)14-11(16)6-5-10(2)9-13/h10,15H,4-9,13H2,1-3H3,(H,14,16). The molecule has 2 atom stereocenters. The van der Waals surface area contributed by atoms with Crippen molar-refractivity contribution in [1.82, 2.24) is 5.32 Å². The molecule has 0 aliphatic carbocycles. The van der Waals surface area contributed by atoms with E-state index < -0.39 is 0 Å². The van der Waals surface area contributed by atoms with Crippen molar-refractivity contribution in [2.24, 2.45) is 11.7 Å². The lowest BCUT2D eigenvalue weighted by molar-refractivity contribution is -0.123. The van der Waals surface area contributed by atoms with E-state index in [9.17, 15) is 4.79 Å². The monoisotopic (exact) mass is 230 g/mol. The van der Waals surface area contributed by atoms with Gasteiger partial charge in [-0.1, -0.05) is 13.8 Å². The fourth-order valence-corrected chi connectivity index (χ4v) is 1.47. The third-order valence-corrected chi connectivity index (χ3v) is 3.15. The van der Waals surface area contributed by atoms with E-state index >= 15 is 0 Å². The third kappa shape index (κ3) is 6.08. The highest BCUT2D eigenvalue weighted by Gasteiger charge is 2.23. The Bertz CT molecular complexity index is 209. The molecule has 0 radical (unpaired) electrons. The molecule has 0 heterocycles. The normalized spacial score (nSPS) is 16.6. The summed E-state index contributed by atoms with van der Waals surface area (Å²) in [6.07, 6.45) is 2.76. The maximum absolute atomic E-state index is 11.7. The van der Waals surface area contributed by atoms with Gasteiger partial charge < -0.3 is 16.2 Å². The van der Waals surface area contributed by atoms with Crippen molar-refractivity contribution in [3.05, 3.63) is 0 Å². The summed E-state index contributed by atoms with van der Waals surface area (Å²) in [5.41, 5.74) is 5.21. The molecule has 16 heavy (non-hydrogen) atoms. The zero-order valence-corrected chi connectivity index (χ0v) is 10.8. The summed E-state index contributed by atoms with van der Waals surface area (Å²) in [4.78, 5) is 11.7. The number of aliphatic hydroxyl groups is 1. The minimum atomic E-state index is -0.280. The fourth-order valence-electron chi connectivity index (χ4n) is 1.47. The van der Waals surface area contributed by atoms with Crippen LogP contribution in [-0.4, -0.2) is 29.7 Å². The quantitative estimate of drug-likeness (QED) is 0.583. The Morgan fingerprint density at radius 3 is 2.62 bits per heavy atom. The zero-order valence-electron chi connectivity index (χ0n) is 10.8. The molecule has 1 amide bonds. The van der Waals surface area contributed by atoms with Gasteiger partial charge in [-0.25, -0.2) is 0 Å².